The summed E-state index contributed by atoms with van der Waals surface area (Å²) >= 11 is 6.08. The van der Waals surface area contributed by atoms with Gasteiger partial charge < -0.3 is 5.11 Å². The van der Waals surface area contributed by atoms with Gasteiger partial charge >= 0.3 is 5.97 Å². The van der Waals surface area contributed by atoms with Gasteiger partial charge in [0.1, 0.15) is 16.5 Å². The van der Waals surface area contributed by atoms with Crippen LogP contribution in [-0.2, 0) is 0 Å². The molecule has 0 unspecified atom stereocenters. The molecule has 0 aliphatic heterocycles. The van der Waals surface area contributed by atoms with Gasteiger partial charge in [0.05, 0.1) is 11.4 Å². The van der Waals surface area contributed by atoms with Crippen LogP contribution in [0.4, 0.5) is 4.39 Å². The van der Waals surface area contributed by atoms with Crippen molar-refractivity contribution in [3.63, 3.8) is 0 Å². The Morgan fingerprint density at radius 3 is 2.79 bits per heavy atom. The third-order valence-corrected chi connectivity index (χ3v) is 3.44. The van der Waals surface area contributed by atoms with E-state index in [9.17, 15) is 14.3 Å². The maximum atomic E-state index is 13.2. The molecule has 0 amide bonds. The summed E-state index contributed by atoms with van der Waals surface area (Å²) in [5.41, 5.74) is 0.926. The van der Waals surface area contributed by atoms with Crippen LogP contribution < -0.4 is 0 Å². The molecule has 4 nitrogen and oxygen atoms in total. The summed E-state index contributed by atoms with van der Waals surface area (Å²) < 4.78 is 14.5. The van der Waals surface area contributed by atoms with Crippen LogP contribution in [0.5, 0.6) is 0 Å². The molecule has 1 fully saturated rings. The minimum atomic E-state index is -1.10. The molecule has 6 heteroatoms. The van der Waals surface area contributed by atoms with Crippen LogP contribution in [0.25, 0.3) is 5.69 Å². The van der Waals surface area contributed by atoms with Crippen LogP contribution >= 0.6 is 11.6 Å². The Bertz CT molecular complexity index is 665. The molecule has 19 heavy (non-hydrogen) atoms. The zero-order valence-corrected chi connectivity index (χ0v) is 10.6. The fourth-order valence-electron chi connectivity index (χ4n) is 2.03. The van der Waals surface area contributed by atoms with Crippen molar-refractivity contribution >= 4 is 17.6 Å². The Morgan fingerprint density at radius 1 is 1.47 bits per heavy atom. The highest BCUT2D eigenvalue weighted by Gasteiger charge is 2.34. The Labute approximate surface area is 113 Å². The van der Waals surface area contributed by atoms with Crippen molar-refractivity contribution in [2.24, 2.45) is 0 Å². The van der Waals surface area contributed by atoms with E-state index in [0.717, 1.165) is 12.8 Å². The van der Waals surface area contributed by atoms with Crippen LogP contribution in [-0.4, -0.2) is 20.9 Å². The number of halogens is 2. The molecule has 0 radical (unpaired) electrons. The second kappa shape index (κ2) is 4.35. The Morgan fingerprint density at radius 2 is 2.21 bits per heavy atom. The molecule has 0 saturated heterocycles. The van der Waals surface area contributed by atoms with Crippen LogP contribution in [0, 0.1) is 5.82 Å². The maximum Gasteiger partial charge on any atom is 0.340 e. The normalized spacial score (nSPS) is 14.6. The molecule has 1 aromatic carbocycles. The van der Waals surface area contributed by atoms with Gasteiger partial charge in [0.2, 0.25) is 0 Å². The highest BCUT2D eigenvalue weighted by molar-refractivity contribution is 6.33. The quantitative estimate of drug-likeness (QED) is 0.939. The zero-order valence-electron chi connectivity index (χ0n) is 9.81. The predicted molar refractivity (Wildman–Crippen MR) is 67.5 cm³/mol. The lowest BCUT2D eigenvalue weighted by Crippen LogP contribution is -2.00. The molecule has 1 heterocycles. The number of nitrogens with zero attached hydrogens (tertiary/aromatic N) is 2. The van der Waals surface area contributed by atoms with E-state index in [2.05, 4.69) is 5.10 Å². The second-order valence-corrected chi connectivity index (χ2v) is 4.88. The lowest BCUT2D eigenvalue weighted by Gasteiger charge is -2.02. The first-order chi connectivity index (χ1) is 9.08. The monoisotopic (exact) mass is 280 g/mol. The first-order valence-corrected chi connectivity index (χ1v) is 6.23. The van der Waals surface area contributed by atoms with E-state index in [0.29, 0.717) is 11.4 Å². The van der Waals surface area contributed by atoms with Crippen molar-refractivity contribution < 1.29 is 14.3 Å². The van der Waals surface area contributed by atoms with Crippen LogP contribution in [0.3, 0.4) is 0 Å². The van der Waals surface area contributed by atoms with Crippen molar-refractivity contribution in [2.75, 3.05) is 0 Å². The van der Waals surface area contributed by atoms with Gasteiger partial charge in [-0.05, 0) is 31.0 Å². The van der Waals surface area contributed by atoms with Gasteiger partial charge in [0, 0.05) is 5.92 Å². The number of carboxylic acids is 1. The standard InChI is InChI=1S/C13H10ClFN2O2/c14-12-10(13(18)19)11(7-4-5-7)16-17(12)9-3-1-2-8(15)6-9/h1-3,6-7H,4-5H2,(H,18,19). The minimum absolute atomic E-state index is 0.0139. The lowest BCUT2D eigenvalue weighted by atomic mass is 10.2. The molecule has 1 aliphatic carbocycles. The topological polar surface area (TPSA) is 55.1 Å². The van der Waals surface area contributed by atoms with E-state index in [4.69, 9.17) is 11.6 Å². The smallest absolute Gasteiger partial charge is 0.340 e. The Kier molecular flexibility index (Phi) is 2.78. The van der Waals surface area contributed by atoms with E-state index in [1.165, 1.54) is 22.9 Å². The number of carbonyl (C=O) groups is 1. The zero-order chi connectivity index (χ0) is 13.6. The lowest BCUT2D eigenvalue weighted by molar-refractivity contribution is 0.0696. The molecule has 1 saturated carbocycles. The minimum Gasteiger partial charge on any atom is -0.478 e. The largest absolute Gasteiger partial charge is 0.478 e. The first-order valence-electron chi connectivity index (χ1n) is 5.85. The van der Waals surface area contributed by atoms with E-state index >= 15 is 0 Å². The number of rotatable bonds is 3. The van der Waals surface area contributed by atoms with Crippen LogP contribution in [0.15, 0.2) is 24.3 Å². The predicted octanol–water partition coefficient (Wildman–Crippen LogP) is 3.24. The average molecular weight is 281 g/mol. The molecule has 0 bridgehead atoms. The molecule has 2 aromatic rings. The molecule has 1 N–H and O–H groups in total. The van der Waals surface area contributed by atoms with E-state index in [-0.39, 0.29) is 16.6 Å². The van der Waals surface area contributed by atoms with Crippen molar-refractivity contribution in [1.82, 2.24) is 9.78 Å². The number of aromatic carboxylic acids is 1. The number of hydrogen-bond acceptors (Lipinski definition) is 2. The summed E-state index contributed by atoms with van der Waals surface area (Å²) in [4.78, 5) is 11.3. The molecule has 0 atom stereocenters. The molecular weight excluding hydrogens is 271 g/mol. The third-order valence-electron chi connectivity index (χ3n) is 3.09. The highest BCUT2D eigenvalue weighted by atomic mass is 35.5. The van der Waals surface area contributed by atoms with Crippen molar-refractivity contribution in [3.05, 3.63) is 46.5 Å². The Hall–Kier alpha value is -1.88. The molecule has 3 rings (SSSR count). The summed E-state index contributed by atoms with van der Waals surface area (Å²) in [6.07, 6.45) is 1.83. The number of aromatic nitrogens is 2. The van der Waals surface area contributed by atoms with Crippen LogP contribution in [0.1, 0.15) is 34.8 Å². The van der Waals surface area contributed by atoms with Crippen molar-refractivity contribution in [1.29, 1.82) is 0 Å². The summed E-state index contributed by atoms with van der Waals surface area (Å²) in [6.45, 7) is 0. The number of hydrogen-bond donors (Lipinski definition) is 1. The van der Waals surface area contributed by atoms with Gasteiger partial charge in [0.15, 0.2) is 0 Å². The van der Waals surface area contributed by atoms with Gasteiger partial charge in [-0.2, -0.15) is 5.10 Å². The molecular formula is C13H10ClFN2O2. The summed E-state index contributed by atoms with van der Waals surface area (Å²) in [6, 6.07) is 5.73. The number of benzene rings is 1. The van der Waals surface area contributed by atoms with Gasteiger partial charge in [-0.1, -0.05) is 17.7 Å². The molecule has 98 valence electrons. The molecule has 0 spiro atoms. The van der Waals surface area contributed by atoms with Gasteiger partial charge in [-0.25, -0.2) is 13.9 Å². The fourth-order valence-corrected chi connectivity index (χ4v) is 2.35. The van der Waals surface area contributed by atoms with E-state index in [1.54, 1.807) is 6.07 Å². The first kappa shape index (κ1) is 12.2. The SMILES string of the molecule is O=C(O)c1c(C2CC2)nn(-c2cccc(F)c2)c1Cl. The van der Waals surface area contributed by atoms with Crippen LogP contribution in [0.2, 0.25) is 5.15 Å². The summed E-state index contributed by atoms with van der Waals surface area (Å²) in [5.74, 6) is -1.37. The average Bonchev–Trinajstić information content (AvgIpc) is 3.13. The summed E-state index contributed by atoms with van der Waals surface area (Å²) in [7, 11) is 0. The molecule has 1 aromatic heterocycles. The van der Waals surface area contributed by atoms with Gasteiger partial charge in [-0.15, -0.1) is 0 Å². The van der Waals surface area contributed by atoms with E-state index in [1.807, 2.05) is 0 Å². The third kappa shape index (κ3) is 2.10. The Balaban J connectivity index is 2.17. The molecule has 1 aliphatic rings. The fraction of sp³-hybridized carbons (Fsp3) is 0.231. The maximum absolute atomic E-state index is 13.2. The van der Waals surface area contributed by atoms with Gasteiger partial charge in [0.25, 0.3) is 0 Å². The highest BCUT2D eigenvalue weighted by Crippen LogP contribution is 2.43. The van der Waals surface area contributed by atoms with Crippen molar-refractivity contribution in [3.8, 4) is 5.69 Å². The number of carboxylic acid groups (broad SMARTS) is 1. The van der Waals surface area contributed by atoms with Gasteiger partial charge in [-0.3, -0.25) is 0 Å². The van der Waals surface area contributed by atoms with E-state index < -0.39 is 11.8 Å². The summed E-state index contributed by atoms with van der Waals surface area (Å²) in [5, 5.41) is 13.5. The second-order valence-electron chi connectivity index (χ2n) is 4.52. The van der Waals surface area contributed by atoms with Crippen molar-refractivity contribution in [2.45, 2.75) is 18.8 Å².